The van der Waals surface area contributed by atoms with Gasteiger partial charge >= 0.3 is 0 Å². The number of nitrogens with two attached hydrogens (primary N) is 1. The molecule has 0 aromatic carbocycles. The van der Waals surface area contributed by atoms with Crippen molar-refractivity contribution in [2.24, 2.45) is 17.6 Å². The van der Waals surface area contributed by atoms with Crippen LogP contribution < -0.4 is 5.73 Å². The molecular formula is C13H18N2O3S2. The van der Waals surface area contributed by atoms with E-state index < -0.39 is 22.0 Å². The minimum atomic E-state index is -3.60. The van der Waals surface area contributed by atoms with E-state index >= 15 is 0 Å². The van der Waals surface area contributed by atoms with E-state index in [1.807, 2.05) is 12.3 Å². The molecule has 1 amide bonds. The fourth-order valence-electron chi connectivity index (χ4n) is 3.52. The molecule has 7 heteroatoms. The maximum atomic E-state index is 12.7. The predicted octanol–water partition coefficient (Wildman–Crippen LogP) is 1.33. The first-order chi connectivity index (χ1) is 9.41. The van der Waals surface area contributed by atoms with Crippen LogP contribution in [0.1, 0.15) is 24.8 Å². The highest BCUT2D eigenvalue weighted by Crippen LogP contribution is 2.44. The monoisotopic (exact) mass is 314 g/mol. The van der Waals surface area contributed by atoms with Gasteiger partial charge in [-0.25, -0.2) is 8.42 Å². The van der Waals surface area contributed by atoms with Crippen LogP contribution in [-0.4, -0.2) is 31.2 Å². The fraction of sp³-hybridized carbons (Fsp3) is 0.615. The second-order valence-electron chi connectivity index (χ2n) is 5.72. The molecule has 1 aliphatic carbocycles. The number of carbonyl (C=O) groups excluding carboxylic acids is 1. The van der Waals surface area contributed by atoms with Crippen molar-refractivity contribution in [2.75, 3.05) is 6.54 Å². The molecular weight excluding hydrogens is 296 g/mol. The average molecular weight is 314 g/mol. The highest BCUT2D eigenvalue weighted by molar-refractivity contribution is 7.91. The van der Waals surface area contributed by atoms with Crippen molar-refractivity contribution in [2.45, 2.75) is 36.4 Å². The van der Waals surface area contributed by atoms with Gasteiger partial charge in [-0.2, -0.15) is 4.31 Å². The van der Waals surface area contributed by atoms with Gasteiger partial charge in [-0.15, -0.1) is 11.3 Å². The first-order valence-electron chi connectivity index (χ1n) is 6.77. The summed E-state index contributed by atoms with van der Waals surface area (Å²) in [5.74, 6) is -0.136. The summed E-state index contributed by atoms with van der Waals surface area (Å²) in [5.41, 5.74) is 6.40. The minimum Gasteiger partial charge on any atom is -0.368 e. The molecule has 2 N–H and O–H groups in total. The van der Waals surface area contributed by atoms with Gasteiger partial charge in [0.15, 0.2) is 0 Å². The van der Waals surface area contributed by atoms with Gasteiger partial charge in [-0.1, -0.05) is 6.42 Å². The van der Waals surface area contributed by atoms with Crippen molar-refractivity contribution >= 4 is 27.3 Å². The highest BCUT2D eigenvalue weighted by atomic mass is 32.2. The standard InChI is InChI=1S/C13H18N2O3S2/c1-8-5-11(19-7-8)20(17,18)15-6-9-3-2-4-10(9)12(15)13(14)16/h5,7,9-10,12H,2-4,6H2,1H3,(H2,14,16). The zero-order chi connectivity index (χ0) is 14.5. The molecule has 2 aliphatic rings. The van der Waals surface area contributed by atoms with E-state index in [0.29, 0.717) is 10.8 Å². The fourth-order valence-corrected chi connectivity index (χ4v) is 6.58. The summed E-state index contributed by atoms with van der Waals surface area (Å²) in [5, 5.41) is 1.81. The molecule has 110 valence electrons. The first kappa shape index (κ1) is 14.0. The van der Waals surface area contributed by atoms with Crippen LogP contribution in [0.3, 0.4) is 0 Å². The molecule has 1 aromatic heterocycles. The third kappa shape index (κ3) is 2.08. The summed E-state index contributed by atoms with van der Waals surface area (Å²) >= 11 is 1.20. The van der Waals surface area contributed by atoms with Crippen LogP contribution in [0, 0.1) is 18.8 Å². The van der Waals surface area contributed by atoms with Crippen molar-refractivity contribution in [3.63, 3.8) is 0 Å². The minimum absolute atomic E-state index is 0.100. The van der Waals surface area contributed by atoms with Crippen molar-refractivity contribution < 1.29 is 13.2 Å². The second-order valence-corrected chi connectivity index (χ2v) is 8.75. The number of aryl methyl sites for hydroxylation is 1. The molecule has 3 rings (SSSR count). The summed E-state index contributed by atoms with van der Waals surface area (Å²) in [7, 11) is -3.60. The Morgan fingerprint density at radius 1 is 1.45 bits per heavy atom. The Kier molecular flexibility index (Phi) is 3.38. The van der Waals surface area contributed by atoms with E-state index in [9.17, 15) is 13.2 Å². The lowest BCUT2D eigenvalue weighted by Gasteiger charge is -2.23. The molecule has 2 heterocycles. The molecule has 0 bridgehead atoms. The number of nitrogens with zero attached hydrogens (tertiary/aromatic N) is 1. The van der Waals surface area contributed by atoms with Gasteiger partial charge in [-0.05, 0) is 48.6 Å². The van der Waals surface area contributed by atoms with Gasteiger partial charge in [0.25, 0.3) is 10.0 Å². The molecule has 1 aromatic rings. The largest absolute Gasteiger partial charge is 0.368 e. The van der Waals surface area contributed by atoms with Crippen LogP contribution in [0.25, 0.3) is 0 Å². The smallest absolute Gasteiger partial charge is 0.253 e. The summed E-state index contributed by atoms with van der Waals surface area (Å²) in [4.78, 5) is 11.8. The molecule has 3 atom stereocenters. The number of hydrogen-bond acceptors (Lipinski definition) is 4. The lowest BCUT2D eigenvalue weighted by molar-refractivity contribution is -0.122. The van der Waals surface area contributed by atoms with Gasteiger partial charge in [-0.3, -0.25) is 4.79 Å². The Bertz CT molecular complexity index is 638. The molecule has 5 nitrogen and oxygen atoms in total. The third-order valence-electron chi connectivity index (χ3n) is 4.41. The molecule has 1 aliphatic heterocycles. The van der Waals surface area contributed by atoms with Gasteiger partial charge < -0.3 is 5.73 Å². The van der Waals surface area contributed by atoms with E-state index in [2.05, 4.69) is 0 Å². The van der Waals surface area contributed by atoms with Crippen molar-refractivity contribution in [1.29, 1.82) is 0 Å². The number of fused-ring (bicyclic) bond motifs is 1. The predicted molar refractivity (Wildman–Crippen MR) is 76.8 cm³/mol. The van der Waals surface area contributed by atoms with Crippen molar-refractivity contribution in [3.8, 4) is 0 Å². The lowest BCUT2D eigenvalue weighted by Crippen LogP contribution is -2.46. The van der Waals surface area contributed by atoms with E-state index in [4.69, 9.17) is 5.73 Å². The molecule has 1 saturated carbocycles. The second kappa shape index (κ2) is 4.82. The number of hydrogen-bond donors (Lipinski definition) is 1. The Morgan fingerprint density at radius 2 is 2.20 bits per heavy atom. The van der Waals surface area contributed by atoms with Crippen LogP contribution >= 0.6 is 11.3 Å². The number of rotatable bonds is 3. The molecule has 1 saturated heterocycles. The number of carbonyl (C=O) groups is 1. The highest BCUT2D eigenvalue weighted by Gasteiger charge is 2.51. The number of thiophene rings is 1. The molecule has 0 spiro atoms. The average Bonchev–Trinajstić information content (AvgIpc) is 3.00. The van der Waals surface area contributed by atoms with Crippen molar-refractivity contribution in [3.05, 3.63) is 17.0 Å². The van der Waals surface area contributed by atoms with Gasteiger partial charge in [0.2, 0.25) is 5.91 Å². The van der Waals surface area contributed by atoms with E-state index in [1.54, 1.807) is 6.07 Å². The van der Waals surface area contributed by atoms with Crippen LogP contribution in [0.2, 0.25) is 0 Å². The maximum Gasteiger partial charge on any atom is 0.253 e. The SMILES string of the molecule is Cc1csc(S(=O)(=O)N2CC3CCCC3C2C(N)=O)c1. The van der Waals surface area contributed by atoms with Gasteiger partial charge in [0, 0.05) is 6.54 Å². The zero-order valence-electron chi connectivity index (χ0n) is 11.3. The van der Waals surface area contributed by atoms with E-state index in [1.165, 1.54) is 15.6 Å². The quantitative estimate of drug-likeness (QED) is 0.914. The maximum absolute atomic E-state index is 12.7. The van der Waals surface area contributed by atoms with Crippen LogP contribution in [0.15, 0.2) is 15.7 Å². The van der Waals surface area contributed by atoms with Gasteiger partial charge in [0.1, 0.15) is 10.3 Å². The summed E-state index contributed by atoms with van der Waals surface area (Å²) < 4.78 is 27.1. The van der Waals surface area contributed by atoms with E-state index in [0.717, 1.165) is 24.8 Å². The third-order valence-corrected chi connectivity index (χ3v) is 7.79. The Morgan fingerprint density at radius 3 is 2.80 bits per heavy atom. The summed E-state index contributed by atoms with van der Waals surface area (Å²) in [6, 6.07) is 0.987. The molecule has 3 unspecified atom stereocenters. The van der Waals surface area contributed by atoms with Gasteiger partial charge in [0.05, 0.1) is 0 Å². The Balaban J connectivity index is 1.98. The molecule has 20 heavy (non-hydrogen) atoms. The summed E-state index contributed by atoms with van der Waals surface area (Å²) in [6.45, 7) is 2.29. The number of sulfonamides is 1. The van der Waals surface area contributed by atoms with Crippen molar-refractivity contribution in [1.82, 2.24) is 4.31 Å². The van der Waals surface area contributed by atoms with Crippen LogP contribution in [0.5, 0.6) is 0 Å². The number of amides is 1. The topological polar surface area (TPSA) is 80.5 Å². The van der Waals surface area contributed by atoms with E-state index in [-0.39, 0.29) is 11.8 Å². The van der Waals surface area contributed by atoms with Crippen LogP contribution in [-0.2, 0) is 14.8 Å². The lowest BCUT2D eigenvalue weighted by atomic mass is 9.94. The van der Waals surface area contributed by atoms with Crippen LogP contribution in [0.4, 0.5) is 0 Å². The molecule has 2 fully saturated rings. The zero-order valence-corrected chi connectivity index (χ0v) is 12.9. The molecule has 0 radical (unpaired) electrons. The summed E-state index contributed by atoms with van der Waals surface area (Å²) in [6.07, 6.45) is 2.95. The number of primary amides is 1. The first-order valence-corrected chi connectivity index (χ1v) is 9.09. The normalized spacial score (nSPS) is 30.6. The Hall–Kier alpha value is -0.920. The Labute approximate surface area is 122 Å².